The first-order valence-electron chi connectivity index (χ1n) is 28.0. The Morgan fingerprint density at radius 2 is 1.01 bits per heavy atom. The van der Waals surface area contributed by atoms with E-state index in [1.807, 2.05) is 44.2 Å². The Kier molecular flexibility index (Phi) is 32.6. The molecule has 2 aliphatic rings. The van der Waals surface area contributed by atoms with Crippen LogP contribution in [0.25, 0.3) is 0 Å². The maximum absolute atomic E-state index is 11.8. The Hall–Kier alpha value is -10.2. The van der Waals surface area contributed by atoms with Crippen LogP contribution in [0.15, 0.2) is 127 Å². The fraction of sp³-hybridized carbons (Fsp3) is 0.242. The summed E-state index contributed by atoms with van der Waals surface area (Å²) in [7, 11) is -1.00. The van der Waals surface area contributed by atoms with Crippen molar-refractivity contribution in [1.82, 2.24) is 10.6 Å². The minimum absolute atomic E-state index is 0.0989. The van der Waals surface area contributed by atoms with E-state index < -0.39 is 30.8 Å². The van der Waals surface area contributed by atoms with Gasteiger partial charge in [-0.2, -0.15) is 0 Å². The Morgan fingerprint density at radius 1 is 0.578 bits per heavy atom. The molecule has 0 saturated heterocycles. The number of rotatable bonds is 14. The maximum atomic E-state index is 11.8. The monoisotopic (exact) mass is 1280 g/mol. The summed E-state index contributed by atoms with van der Waals surface area (Å²) in [6.45, 7) is 13.0. The van der Waals surface area contributed by atoms with Crippen molar-refractivity contribution >= 4 is 82.4 Å². The molecule has 2 aliphatic heterocycles. The highest BCUT2D eigenvalue weighted by Gasteiger charge is 2.30. The van der Waals surface area contributed by atoms with Crippen molar-refractivity contribution in [2.24, 2.45) is 0 Å². The number of hydrogen-bond acceptors (Lipinski definition) is 18. The lowest BCUT2D eigenvalue weighted by Gasteiger charge is -2.10. The third-order valence-electron chi connectivity index (χ3n) is 12.6. The van der Waals surface area contributed by atoms with E-state index in [2.05, 4.69) is 42.8 Å². The van der Waals surface area contributed by atoms with Gasteiger partial charge in [0.05, 0.1) is 68.6 Å². The number of esters is 2. The zero-order valence-corrected chi connectivity index (χ0v) is 51.7. The van der Waals surface area contributed by atoms with Gasteiger partial charge in [0, 0.05) is 24.3 Å². The molecule has 0 aromatic heterocycles. The number of phenols is 6. The Balaban J connectivity index is 0.000000371. The van der Waals surface area contributed by atoms with Crippen LogP contribution >= 0.6 is 23.2 Å². The number of hydrogen-bond donors (Lipinski definition) is 11. The number of halogens is 3. The molecule has 9 rings (SSSR count). The van der Waals surface area contributed by atoms with Crippen LogP contribution in [-0.4, -0.2) is 116 Å². The number of imide groups is 2. The largest absolute Gasteiger partial charge is 0.504 e. The summed E-state index contributed by atoms with van der Waals surface area (Å²) < 4.78 is 25.1. The molecule has 0 radical (unpaired) electrons. The van der Waals surface area contributed by atoms with E-state index in [0.717, 1.165) is 17.4 Å². The number of aldehydes is 1. The second-order valence-corrected chi connectivity index (χ2v) is 19.8. The van der Waals surface area contributed by atoms with Gasteiger partial charge in [-0.15, -0.1) is 23.2 Å². The standard InChI is InChI=1S/C16H14N2O4.C12H16O2.C10H12O4.C10H12O.C8H6N2O2.C8H8O4.CH2Cl2.CH3F/c19-12-6-1-3-9(14(12)20)7-8-17-11-5-2-4-10-13(11)16(22)18-15(10)21;1-4-14-12(13)8-11-6-5-9(2)10(3)7-11;1-2-14-10(13)6-7-3-4-8(11)9(12)5-7;1-8-3-4-10(5-6-11)7-9(8)2;9-5-3-1-2-4-6(5)8(12)10-7(4)11;9-6-2-1-5(3-7(6)10)4-8(11)12;2-1-3;1-2/h1-6,17,19-20H,7-8H2,(H,18,21,22);5-7H,4,8H2,1-3H3;3-5,11-12H,2,6H2,1H3;3-4,6-7H,5H2,1-2H3;1-3H,9H2,(H,10,11,12);1-3,9-10H,4H2,(H,11,12);1H2;1H3/i;;;;;;;1D. The topological polar surface area (TPSA) is 359 Å². The number of carbonyl (C=O) groups excluding carboxylic acids is 7. The zero-order chi connectivity index (χ0) is 68.3. The smallest absolute Gasteiger partial charge is 0.310 e. The number of carboxylic acids is 1. The number of amides is 4. The van der Waals surface area contributed by atoms with E-state index in [9.17, 15) is 53.0 Å². The predicted molar refractivity (Wildman–Crippen MR) is 340 cm³/mol. The Labute approximate surface area is 531 Å². The van der Waals surface area contributed by atoms with E-state index in [4.69, 9.17) is 65.3 Å². The highest BCUT2D eigenvalue weighted by Crippen LogP contribution is 2.30. The van der Waals surface area contributed by atoms with Crippen LogP contribution in [0.2, 0.25) is 0 Å². The van der Waals surface area contributed by atoms with Gasteiger partial charge in [-0.25, -0.2) is 0 Å². The molecule has 12 N–H and O–H groups in total. The molecule has 0 spiro atoms. The number of phenolic OH excluding ortho intramolecular Hbond substituents is 6. The van der Waals surface area contributed by atoms with Crippen molar-refractivity contribution in [1.29, 1.82) is 0 Å². The van der Waals surface area contributed by atoms with Gasteiger partial charge in [0.2, 0.25) is 0 Å². The summed E-state index contributed by atoms with van der Waals surface area (Å²) in [6.07, 6.45) is 2.23. The van der Waals surface area contributed by atoms with Crippen molar-refractivity contribution < 1.29 is 89.3 Å². The number of nitrogens with two attached hydrogens (primary N) is 1. The molecule has 90 heavy (non-hydrogen) atoms. The van der Waals surface area contributed by atoms with E-state index >= 15 is 0 Å². The van der Waals surface area contributed by atoms with Crippen molar-refractivity contribution in [3.05, 3.63) is 200 Å². The average molecular weight is 1290 g/mol. The molecule has 2 heterocycles. The van der Waals surface area contributed by atoms with Crippen LogP contribution in [-0.2, 0) is 60.8 Å². The number of nitrogen functional groups attached to an aromatic ring is 1. The van der Waals surface area contributed by atoms with Gasteiger partial charge < -0.3 is 61.1 Å². The minimum Gasteiger partial charge on any atom is -0.504 e. The van der Waals surface area contributed by atoms with Crippen LogP contribution in [0.1, 0.15) is 107 Å². The first-order valence-corrected chi connectivity index (χ1v) is 28.3. The number of carbonyl (C=O) groups is 8. The lowest BCUT2D eigenvalue weighted by Crippen LogP contribution is -2.20. The van der Waals surface area contributed by atoms with E-state index in [-0.39, 0.29) is 70.5 Å². The van der Waals surface area contributed by atoms with Crippen molar-refractivity contribution in [2.75, 3.05) is 43.3 Å². The van der Waals surface area contributed by atoms with Gasteiger partial charge in [0.15, 0.2) is 34.5 Å². The van der Waals surface area contributed by atoms with Gasteiger partial charge in [-0.1, -0.05) is 72.8 Å². The summed E-state index contributed by atoms with van der Waals surface area (Å²) in [4.78, 5) is 88.1. The fourth-order valence-electron chi connectivity index (χ4n) is 7.95. The molecule has 0 bridgehead atoms. The summed E-state index contributed by atoms with van der Waals surface area (Å²) in [6, 6.07) is 34.9. The average Bonchev–Trinajstić information content (AvgIpc) is 1.76. The number of anilines is 2. The molecular weight excluding hydrogens is 1210 g/mol. The van der Waals surface area contributed by atoms with Crippen molar-refractivity contribution in [3.8, 4) is 34.5 Å². The van der Waals surface area contributed by atoms with E-state index in [0.29, 0.717) is 89.3 Å². The van der Waals surface area contributed by atoms with Crippen LogP contribution in [0.4, 0.5) is 15.8 Å². The minimum atomic E-state index is -1.00. The number of alkyl halides is 3. The quantitative estimate of drug-likeness (QED) is 0.0120. The number of benzene rings is 7. The van der Waals surface area contributed by atoms with Crippen LogP contribution in [0.3, 0.4) is 0 Å². The van der Waals surface area contributed by atoms with Crippen molar-refractivity contribution in [3.63, 3.8) is 0 Å². The van der Waals surface area contributed by atoms with E-state index in [1.165, 1.54) is 58.7 Å². The second-order valence-electron chi connectivity index (χ2n) is 19.0. The second kappa shape index (κ2) is 39.6. The van der Waals surface area contributed by atoms with Crippen LogP contribution < -0.4 is 21.7 Å². The number of ether oxygens (including phenoxy) is 2. The fourth-order valence-corrected chi connectivity index (χ4v) is 7.95. The molecule has 0 fully saturated rings. The van der Waals surface area contributed by atoms with Gasteiger partial charge in [0.25, 0.3) is 23.6 Å². The van der Waals surface area contributed by atoms with Crippen LogP contribution in [0.5, 0.6) is 34.5 Å². The summed E-state index contributed by atoms with van der Waals surface area (Å²) in [5.74, 6) is -4.35. The first kappa shape index (κ1) is 74.1. The zero-order valence-electron chi connectivity index (χ0n) is 51.2. The van der Waals surface area contributed by atoms with Gasteiger partial charge in [0.1, 0.15) is 6.29 Å². The SMILES string of the molecule is CCOC(=O)Cc1ccc(C)c(C)c1.CCOC(=O)Cc1ccc(O)c(O)c1.Cc1ccc(CC=O)cc1C.ClCCl.Nc1cccc2c1C(=O)NC2=O.O=C(O)Cc1ccc(O)c(O)c1.O=C1NC(=O)c2c(NCCc3cccc(O)c3O)cccc21.[2H]CF. The number of aryl methyl sites for hydroxylation is 4. The molecule has 0 saturated carbocycles. The van der Waals surface area contributed by atoms with Crippen LogP contribution in [0, 0.1) is 27.7 Å². The number of aliphatic carboxylic acids is 1. The van der Waals surface area contributed by atoms with Gasteiger partial charge in [-0.05, 0) is 153 Å². The Bertz CT molecular complexity index is 3560. The number of carboxylic acid groups (broad SMARTS) is 1. The number of para-hydroxylation sites is 1. The van der Waals surface area contributed by atoms with E-state index in [1.54, 1.807) is 61.5 Å². The molecule has 0 unspecified atom stereocenters. The Morgan fingerprint density at radius 3 is 1.48 bits per heavy atom. The highest BCUT2D eigenvalue weighted by molar-refractivity contribution is 6.40. The summed E-state index contributed by atoms with van der Waals surface area (Å²) in [5.41, 5.74) is 16.6. The molecule has 480 valence electrons. The molecule has 4 amide bonds. The molecule has 0 atom stereocenters. The van der Waals surface area contributed by atoms with Gasteiger partial charge >= 0.3 is 17.9 Å². The highest BCUT2D eigenvalue weighted by atomic mass is 35.5. The number of fused-ring (bicyclic) bond motifs is 2. The molecular formula is C66H73Cl2FN4O17. The third kappa shape index (κ3) is 25.3. The number of nitrogens with one attached hydrogen (secondary N) is 3. The number of aromatic hydroxyl groups is 6. The van der Waals surface area contributed by atoms with Crippen molar-refractivity contribution in [2.45, 2.75) is 73.6 Å². The molecule has 21 nitrogen and oxygen atoms in total. The molecule has 7 aromatic carbocycles. The maximum Gasteiger partial charge on any atom is 0.310 e. The molecule has 24 heteroatoms. The molecule has 7 aromatic rings. The summed E-state index contributed by atoms with van der Waals surface area (Å²) in [5, 5.41) is 71.3. The third-order valence-corrected chi connectivity index (χ3v) is 12.6. The first-order chi connectivity index (χ1) is 43.2. The molecule has 0 aliphatic carbocycles. The lowest BCUT2D eigenvalue weighted by atomic mass is 10.0. The van der Waals surface area contributed by atoms with Gasteiger partial charge in [-0.3, -0.25) is 48.6 Å². The normalized spacial score (nSPS) is 11.0. The predicted octanol–water partition coefficient (Wildman–Crippen LogP) is 10.2. The lowest BCUT2D eigenvalue weighted by molar-refractivity contribution is -0.143. The summed E-state index contributed by atoms with van der Waals surface area (Å²) >= 11 is 9.53.